The van der Waals surface area contributed by atoms with E-state index in [-0.39, 0.29) is 49.8 Å². The summed E-state index contributed by atoms with van der Waals surface area (Å²) in [4.78, 5) is 15.6. The third-order valence-electron chi connectivity index (χ3n) is 6.77. The predicted molar refractivity (Wildman–Crippen MR) is 190 cm³/mol. The van der Waals surface area contributed by atoms with Crippen molar-refractivity contribution in [1.82, 2.24) is 19.4 Å². The number of guanidine groups is 2. The lowest BCUT2D eigenvalue weighted by Gasteiger charge is -2.21. The molecule has 22 heteroatoms. The molecule has 2 aromatic heterocycles. The van der Waals surface area contributed by atoms with Gasteiger partial charge in [0.2, 0.25) is 20.0 Å². The quantitative estimate of drug-likeness (QED) is 0.0527. The van der Waals surface area contributed by atoms with Crippen LogP contribution >= 0.6 is 23.2 Å². The van der Waals surface area contributed by atoms with Crippen molar-refractivity contribution < 1.29 is 37.3 Å². The summed E-state index contributed by atoms with van der Waals surface area (Å²) in [6, 6.07) is 6.66. The molecule has 0 fully saturated rings. The van der Waals surface area contributed by atoms with E-state index < -0.39 is 45.1 Å². The summed E-state index contributed by atoms with van der Waals surface area (Å²) in [7, 11) is -7.93. The molecule has 4 rings (SSSR count). The Morgan fingerprint density at radius 2 is 1.18 bits per heavy atom. The molecule has 14 N–H and O–H groups in total. The number of nitrogens with one attached hydrogen (secondary N) is 2. The Hall–Kier alpha value is -3.96. The first-order valence-electron chi connectivity index (χ1n) is 14.4. The summed E-state index contributed by atoms with van der Waals surface area (Å²) < 4.78 is 54.5. The van der Waals surface area contributed by atoms with Crippen LogP contribution in [0.5, 0.6) is 0 Å². The fraction of sp³-hybridized carbons (Fsp3) is 0.286. The van der Waals surface area contributed by atoms with Gasteiger partial charge in [-0.2, -0.15) is 9.98 Å². The summed E-state index contributed by atoms with van der Waals surface area (Å²) in [6.07, 6.45) is -1.35. The molecule has 0 bridgehead atoms. The number of hydrogen-bond acceptors (Lipinski definition) is 12. The molecular weight excluding hydrogens is 739 g/mol. The number of benzene rings is 2. The Morgan fingerprint density at radius 1 is 0.760 bits per heavy atom. The first kappa shape index (κ1) is 40.5. The molecule has 0 saturated heterocycles. The van der Waals surface area contributed by atoms with Crippen molar-refractivity contribution in [3.05, 3.63) is 58.8 Å². The number of pyridine rings is 2. The van der Waals surface area contributed by atoms with Crippen LogP contribution in [0.25, 0.3) is 21.5 Å². The van der Waals surface area contributed by atoms with Crippen molar-refractivity contribution in [3.8, 4) is 0 Å². The molecule has 4 aromatic rings. The molecule has 0 unspecified atom stereocenters. The van der Waals surface area contributed by atoms with Crippen LogP contribution in [-0.2, 0) is 20.0 Å². The van der Waals surface area contributed by atoms with Crippen LogP contribution in [0.1, 0.15) is 26.7 Å². The van der Waals surface area contributed by atoms with Crippen LogP contribution in [0, 0.1) is 0 Å². The minimum absolute atomic E-state index is 0.0379. The van der Waals surface area contributed by atoms with Gasteiger partial charge in [-0.1, -0.05) is 42.3 Å². The predicted octanol–water partition coefficient (Wildman–Crippen LogP) is 0.321. The van der Waals surface area contributed by atoms with Gasteiger partial charge in [-0.3, -0.25) is 0 Å². The molecule has 50 heavy (non-hydrogen) atoms. The van der Waals surface area contributed by atoms with E-state index in [4.69, 9.17) is 56.3 Å². The van der Waals surface area contributed by atoms with Gasteiger partial charge >= 0.3 is 0 Å². The van der Waals surface area contributed by atoms with Crippen LogP contribution in [0.3, 0.4) is 0 Å². The molecule has 2 aromatic carbocycles. The smallest absolute Gasteiger partial charge is 0.241 e. The number of aliphatic hydroxyl groups excluding tert-OH is 2. The molecule has 0 spiro atoms. The van der Waals surface area contributed by atoms with E-state index in [0.29, 0.717) is 27.6 Å². The highest BCUT2D eigenvalue weighted by molar-refractivity contribution is 7.89. The van der Waals surface area contributed by atoms with Crippen molar-refractivity contribution in [1.29, 1.82) is 0 Å². The molecule has 2 heterocycles. The maximum atomic E-state index is 12.6. The van der Waals surface area contributed by atoms with E-state index in [1.807, 2.05) is 11.6 Å². The third kappa shape index (κ3) is 10.5. The number of aliphatic hydroxyl groups is 4. The summed E-state index contributed by atoms with van der Waals surface area (Å²) >= 11 is 12.2. The van der Waals surface area contributed by atoms with E-state index in [1.54, 1.807) is 13.0 Å². The van der Waals surface area contributed by atoms with Gasteiger partial charge in [0.25, 0.3) is 0 Å². The Kier molecular flexibility index (Phi) is 13.6. The second-order valence-corrected chi connectivity index (χ2v) is 14.9. The zero-order chi connectivity index (χ0) is 37.6. The lowest BCUT2D eigenvalue weighted by atomic mass is 10.1. The standard InChI is InChI=1S/C14H18ClN5O6S.C14H18ClN5O2S/c15-9-5-18-12(19-14(16)17)8-3-6(1-2-7(8)9)27(25,26)20-10(13(23)24)4-11(21)22;1-3-8(2)20-23(21,22)9-4-5-10-11(6-9)13(19-14(16)17)18-7-12(10)15/h1-3,5,10-11,13,20-24H,4H2,(H4,16,17,18,19);4-8,20H,3H2,1-2H3,(H4,16,17,18,19)/t10-;8-/m10/s1. The van der Waals surface area contributed by atoms with Crippen LogP contribution in [0.15, 0.2) is 68.6 Å². The lowest BCUT2D eigenvalue weighted by molar-refractivity contribution is -0.103. The van der Waals surface area contributed by atoms with Crippen molar-refractivity contribution in [2.75, 3.05) is 0 Å². The SMILES string of the molecule is CC[C@H](C)NS(=O)(=O)c1ccc2c(Cl)cnc(N=C(N)N)c2c1.NC(N)=Nc1ncc(Cl)c2ccc(S(=O)(=O)N[C@H](CC(O)O)C(O)O)cc12. The molecule has 2 atom stereocenters. The molecule has 0 aliphatic carbocycles. The van der Waals surface area contributed by atoms with Gasteiger partial charge in [0.15, 0.2) is 36.1 Å². The average molecular weight is 776 g/mol. The highest BCUT2D eigenvalue weighted by atomic mass is 35.5. The van der Waals surface area contributed by atoms with Crippen molar-refractivity contribution in [2.24, 2.45) is 32.9 Å². The van der Waals surface area contributed by atoms with Crippen molar-refractivity contribution in [2.45, 2.75) is 61.1 Å². The van der Waals surface area contributed by atoms with Crippen LogP contribution in [0.2, 0.25) is 10.0 Å². The average Bonchev–Trinajstić information content (AvgIpc) is 3.02. The Balaban J connectivity index is 0.000000274. The maximum absolute atomic E-state index is 12.6. The summed E-state index contributed by atoms with van der Waals surface area (Å²) in [5.74, 6) is -0.217. The number of nitrogens with zero attached hydrogens (tertiary/aromatic N) is 4. The van der Waals surface area contributed by atoms with Crippen molar-refractivity contribution >= 4 is 88.3 Å². The van der Waals surface area contributed by atoms with Gasteiger partial charge in [-0.25, -0.2) is 36.2 Å². The van der Waals surface area contributed by atoms with E-state index in [2.05, 4.69) is 24.7 Å². The fourth-order valence-electron chi connectivity index (χ4n) is 4.25. The van der Waals surface area contributed by atoms with Crippen LogP contribution < -0.4 is 32.4 Å². The third-order valence-corrected chi connectivity index (χ3v) is 10.4. The lowest BCUT2D eigenvalue weighted by Crippen LogP contribution is -2.45. The highest BCUT2D eigenvalue weighted by Crippen LogP contribution is 2.33. The number of aromatic nitrogens is 2. The molecular formula is C28H36Cl2N10O8S2. The molecule has 0 radical (unpaired) electrons. The van der Waals surface area contributed by atoms with Gasteiger partial charge in [-0.05, 0) is 37.6 Å². The monoisotopic (exact) mass is 774 g/mol. The molecule has 18 nitrogen and oxygen atoms in total. The van der Waals surface area contributed by atoms with E-state index >= 15 is 0 Å². The Labute approximate surface area is 297 Å². The molecule has 0 saturated carbocycles. The number of nitrogens with two attached hydrogens (primary N) is 4. The number of halogens is 2. The van der Waals surface area contributed by atoms with Crippen LogP contribution in [0.4, 0.5) is 11.6 Å². The zero-order valence-electron chi connectivity index (χ0n) is 26.4. The van der Waals surface area contributed by atoms with Gasteiger partial charge in [0, 0.05) is 46.4 Å². The largest absolute Gasteiger partial charge is 0.370 e. The first-order valence-corrected chi connectivity index (χ1v) is 18.1. The summed E-state index contributed by atoms with van der Waals surface area (Å²) in [6.45, 7) is 3.69. The summed E-state index contributed by atoms with van der Waals surface area (Å²) in [5, 5.41) is 38.8. The van der Waals surface area contributed by atoms with Gasteiger partial charge in [-0.15, -0.1) is 0 Å². The number of rotatable bonds is 12. The Bertz CT molecular complexity index is 2130. The Morgan fingerprint density at radius 3 is 1.54 bits per heavy atom. The van der Waals surface area contributed by atoms with Gasteiger partial charge in [0.1, 0.15) is 0 Å². The number of aliphatic imine (C=N–C) groups is 2. The van der Waals surface area contributed by atoms with Crippen molar-refractivity contribution in [3.63, 3.8) is 0 Å². The topological polar surface area (TPSA) is 328 Å². The molecule has 272 valence electrons. The summed E-state index contributed by atoms with van der Waals surface area (Å²) in [5.41, 5.74) is 21.5. The molecule has 0 amide bonds. The number of fused-ring (bicyclic) bond motifs is 2. The highest BCUT2D eigenvalue weighted by Gasteiger charge is 2.27. The minimum Gasteiger partial charge on any atom is -0.370 e. The van der Waals surface area contributed by atoms with E-state index in [1.165, 1.54) is 42.7 Å². The second kappa shape index (κ2) is 16.8. The normalized spacial score (nSPS) is 13.2. The molecule has 0 aliphatic heterocycles. The fourth-order valence-corrected chi connectivity index (χ4v) is 7.30. The number of sulfonamides is 2. The van der Waals surface area contributed by atoms with E-state index in [0.717, 1.165) is 0 Å². The zero-order valence-corrected chi connectivity index (χ0v) is 29.6. The number of hydrogen-bond donors (Lipinski definition) is 10. The van der Waals surface area contributed by atoms with E-state index in [9.17, 15) is 27.0 Å². The first-order chi connectivity index (χ1) is 23.2. The minimum atomic E-state index is -4.27. The molecule has 0 aliphatic rings. The second-order valence-electron chi connectivity index (χ2n) is 10.6. The van der Waals surface area contributed by atoms with Crippen LogP contribution in [-0.4, -0.2) is 83.8 Å². The van der Waals surface area contributed by atoms with Gasteiger partial charge < -0.3 is 43.4 Å². The van der Waals surface area contributed by atoms with Gasteiger partial charge in [0.05, 0.1) is 25.9 Å². The maximum Gasteiger partial charge on any atom is 0.241 e.